The van der Waals surface area contributed by atoms with Crippen LogP contribution in [0.1, 0.15) is 40.2 Å². The van der Waals surface area contributed by atoms with Crippen LogP contribution in [0.3, 0.4) is 0 Å². The number of carbonyl (C=O) groups excluding carboxylic acids is 1. The lowest BCUT2D eigenvalue weighted by atomic mass is 10.2. The van der Waals surface area contributed by atoms with Crippen LogP contribution in [0.15, 0.2) is 46.1 Å². The number of hydrogen-bond donors (Lipinski definition) is 2. The van der Waals surface area contributed by atoms with Gasteiger partial charge >= 0.3 is 0 Å². The summed E-state index contributed by atoms with van der Waals surface area (Å²) in [6, 6.07) is 8.99. The van der Waals surface area contributed by atoms with Crippen LogP contribution in [0.4, 0.5) is 11.5 Å². The number of nitrogens with two attached hydrogens (primary N) is 1. The van der Waals surface area contributed by atoms with E-state index in [1.165, 1.54) is 24.4 Å². The van der Waals surface area contributed by atoms with E-state index in [-0.39, 0.29) is 40.9 Å². The molecule has 0 unspecified atom stereocenters. The number of anilines is 1. The number of halogens is 2. The lowest BCUT2D eigenvalue weighted by Crippen LogP contribution is -2.26. The third kappa shape index (κ3) is 6.26. The Kier molecular flexibility index (Phi) is 8.37. The highest BCUT2D eigenvalue weighted by Gasteiger charge is 2.27. The molecule has 41 heavy (non-hydrogen) atoms. The minimum absolute atomic E-state index is 0.00749. The Balaban J connectivity index is 1.40. The second-order valence-electron chi connectivity index (χ2n) is 8.92. The SMILES string of the molecule is Nc1nonc1-n1nnc(CN2CCCC2)c1C(=O)N/N=C\c1cc([N+](=O)[O-])ccc1OCc1c(Cl)cccc1Cl. The Morgan fingerprint density at radius 3 is 2.66 bits per heavy atom. The average Bonchev–Trinajstić information content (AvgIpc) is 3.70. The van der Waals surface area contributed by atoms with Crippen molar-refractivity contribution in [1.82, 2.24) is 35.6 Å². The third-order valence-corrected chi connectivity index (χ3v) is 6.94. The quantitative estimate of drug-likeness (QED) is 0.154. The zero-order valence-corrected chi connectivity index (χ0v) is 22.7. The van der Waals surface area contributed by atoms with Gasteiger partial charge < -0.3 is 10.5 Å². The van der Waals surface area contributed by atoms with Crippen LogP contribution in [-0.2, 0) is 13.2 Å². The van der Waals surface area contributed by atoms with Crippen molar-refractivity contribution in [3.63, 3.8) is 0 Å². The molecule has 212 valence electrons. The smallest absolute Gasteiger partial charge is 0.292 e. The van der Waals surface area contributed by atoms with Gasteiger partial charge in [0.15, 0.2) is 5.69 Å². The number of nitrogen functional groups attached to an aromatic ring is 1. The van der Waals surface area contributed by atoms with Gasteiger partial charge in [0.25, 0.3) is 11.6 Å². The zero-order valence-electron chi connectivity index (χ0n) is 21.2. The number of likely N-dealkylation sites (tertiary alicyclic amines) is 1. The molecule has 1 aliphatic heterocycles. The summed E-state index contributed by atoms with van der Waals surface area (Å²) in [6.45, 7) is 2.07. The van der Waals surface area contributed by atoms with E-state index in [1.807, 2.05) is 0 Å². The molecule has 2 aromatic heterocycles. The number of carbonyl (C=O) groups is 1. The Morgan fingerprint density at radius 1 is 1.22 bits per heavy atom. The molecular formula is C24H22Cl2N10O5. The first-order valence-corrected chi connectivity index (χ1v) is 13.0. The number of rotatable bonds is 10. The summed E-state index contributed by atoms with van der Waals surface area (Å²) in [4.78, 5) is 26.3. The number of nitrogens with zero attached hydrogens (tertiary/aromatic N) is 8. The summed E-state index contributed by atoms with van der Waals surface area (Å²) in [7, 11) is 0. The Morgan fingerprint density at radius 2 is 1.98 bits per heavy atom. The Hall–Kier alpha value is -4.60. The lowest BCUT2D eigenvalue weighted by molar-refractivity contribution is -0.384. The predicted octanol–water partition coefficient (Wildman–Crippen LogP) is 3.39. The maximum atomic E-state index is 13.3. The first-order chi connectivity index (χ1) is 19.8. The van der Waals surface area contributed by atoms with Crippen LogP contribution in [0.5, 0.6) is 5.75 Å². The molecule has 3 heterocycles. The Labute approximate surface area is 241 Å². The van der Waals surface area contributed by atoms with Crippen molar-refractivity contribution in [3.05, 3.63) is 79.1 Å². The summed E-state index contributed by atoms with van der Waals surface area (Å²) in [5.74, 6) is -0.532. The monoisotopic (exact) mass is 600 g/mol. The van der Waals surface area contributed by atoms with Crippen molar-refractivity contribution < 1.29 is 19.1 Å². The van der Waals surface area contributed by atoms with Gasteiger partial charge in [-0.3, -0.25) is 19.8 Å². The van der Waals surface area contributed by atoms with Crippen LogP contribution >= 0.6 is 23.2 Å². The van der Waals surface area contributed by atoms with E-state index >= 15 is 0 Å². The number of nitro groups is 1. The largest absolute Gasteiger partial charge is 0.488 e. The van der Waals surface area contributed by atoms with Gasteiger partial charge in [0.1, 0.15) is 18.1 Å². The topological polar surface area (TPSA) is 193 Å². The maximum absolute atomic E-state index is 13.3. The molecule has 1 amide bonds. The van der Waals surface area contributed by atoms with E-state index in [4.69, 9.17) is 33.7 Å². The molecule has 0 atom stereocenters. The van der Waals surface area contributed by atoms with Gasteiger partial charge in [-0.25, -0.2) is 10.1 Å². The van der Waals surface area contributed by atoms with Gasteiger partial charge in [0.2, 0.25) is 11.6 Å². The summed E-state index contributed by atoms with van der Waals surface area (Å²) in [6.07, 6.45) is 3.29. The highest BCUT2D eigenvalue weighted by atomic mass is 35.5. The first kappa shape index (κ1) is 27.9. The van der Waals surface area contributed by atoms with Crippen molar-refractivity contribution in [2.24, 2.45) is 5.10 Å². The standard InChI is InChI=1S/C24H22Cl2N10O5/c25-17-4-3-5-18(26)16(17)13-40-20-7-6-15(36(38)39)10-14(20)11-28-30-24(37)21-19(12-34-8-1-2-9-34)29-33-35(21)23-22(27)31-41-32-23/h3-7,10-11H,1-2,8-9,12-13H2,(H2,27,31)(H,30,37)/b28-11-. The fourth-order valence-corrected chi connectivity index (χ4v) is 4.71. The summed E-state index contributed by atoms with van der Waals surface area (Å²) in [5.41, 5.74) is 9.19. The number of benzene rings is 2. The molecule has 0 radical (unpaired) electrons. The van der Waals surface area contributed by atoms with Crippen LogP contribution < -0.4 is 15.9 Å². The van der Waals surface area contributed by atoms with E-state index in [1.54, 1.807) is 18.2 Å². The maximum Gasteiger partial charge on any atom is 0.292 e. The van der Waals surface area contributed by atoms with Gasteiger partial charge in [-0.2, -0.15) is 9.78 Å². The molecule has 1 aliphatic rings. The molecule has 1 fully saturated rings. The summed E-state index contributed by atoms with van der Waals surface area (Å²) in [5, 5.41) is 31.6. The normalized spacial score (nSPS) is 13.6. The number of amides is 1. The minimum Gasteiger partial charge on any atom is -0.488 e. The minimum atomic E-state index is -0.682. The number of nitro benzene ring substituents is 1. The third-order valence-electron chi connectivity index (χ3n) is 6.23. The van der Waals surface area contributed by atoms with Gasteiger partial charge in [-0.1, -0.05) is 34.5 Å². The fraction of sp³-hybridized carbons (Fsp3) is 0.250. The van der Waals surface area contributed by atoms with Gasteiger partial charge in [0, 0.05) is 39.8 Å². The predicted molar refractivity (Wildman–Crippen MR) is 147 cm³/mol. The molecule has 3 N–H and O–H groups in total. The molecular weight excluding hydrogens is 579 g/mol. The number of aromatic nitrogens is 5. The van der Waals surface area contributed by atoms with Gasteiger partial charge in [-0.05, 0) is 54.4 Å². The van der Waals surface area contributed by atoms with Crippen molar-refractivity contribution in [2.75, 3.05) is 18.8 Å². The molecule has 17 heteroatoms. The molecule has 1 saturated heterocycles. The second-order valence-corrected chi connectivity index (χ2v) is 9.73. The number of ether oxygens (including phenoxy) is 1. The number of nitrogens with one attached hydrogen (secondary N) is 1. The van der Waals surface area contributed by atoms with Crippen molar-refractivity contribution >= 4 is 46.8 Å². The summed E-state index contributed by atoms with van der Waals surface area (Å²) < 4.78 is 11.6. The molecule has 0 bridgehead atoms. The van der Waals surface area contributed by atoms with Crippen molar-refractivity contribution in [3.8, 4) is 11.6 Å². The van der Waals surface area contributed by atoms with Crippen LogP contribution in [-0.4, -0.2) is 60.3 Å². The summed E-state index contributed by atoms with van der Waals surface area (Å²) >= 11 is 12.5. The van der Waals surface area contributed by atoms with E-state index in [2.05, 4.69) is 40.7 Å². The number of hydrogen-bond acceptors (Lipinski definition) is 12. The van der Waals surface area contributed by atoms with Crippen LogP contribution in [0.25, 0.3) is 5.82 Å². The molecule has 4 aromatic rings. The van der Waals surface area contributed by atoms with Gasteiger partial charge in [0.05, 0.1) is 11.1 Å². The van der Waals surface area contributed by atoms with Crippen molar-refractivity contribution in [1.29, 1.82) is 0 Å². The van der Waals surface area contributed by atoms with Crippen molar-refractivity contribution in [2.45, 2.75) is 26.0 Å². The van der Waals surface area contributed by atoms with Gasteiger partial charge in [-0.15, -0.1) is 5.10 Å². The number of non-ortho nitro benzene ring substituents is 1. The van der Waals surface area contributed by atoms with Crippen LogP contribution in [0, 0.1) is 10.1 Å². The highest BCUT2D eigenvalue weighted by molar-refractivity contribution is 6.35. The van der Waals surface area contributed by atoms with E-state index < -0.39 is 10.8 Å². The molecule has 0 spiro atoms. The molecule has 2 aromatic carbocycles. The zero-order chi connectivity index (χ0) is 28.9. The average molecular weight is 601 g/mol. The van der Waals surface area contributed by atoms with E-state index in [0.29, 0.717) is 27.8 Å². The fourth-order valence-electron chi connectivity index (χ4n) is 4.20. The first-order valence-electron chi connectivity index (χ1n) is 12.2. The number of hydrazone groups is 1. The van der Waals surface area contributed by atoms with E-state index in [0.717, 1.165) is 30.6 Å². The molecule has 0 saturated carbocycles. The molecule has 5 rings (SSSR count). The van der Waals surface area contributed by atoms with E-state index in [9.17, 15) is 14.9 Å². The second kappa shape index (κ2) is 12.3. The van der Waals surface area contributed by atoms with Crippen LogP contribution in [0.2, 0.25) is 10.0 Å². The highest BCUT2D eigenvalue weighted by Crippen LogP contribution is 2.28. The molecule has 0 aliphatic carbocycles. The lowest BCUT2D eigenvalue weighted by Gasteiger charge is -2.13. The molecule has 15 nitrogen and oxygen atoms in total. The Bertz CT molecular complexity index is 1600.